The minimum Gasteiger partial charge on any atom is -0.508 e. The number of rotatable bonds is 5. The molecular formula is C21H28N2O4. The molecule has 1 fully saturated rings. The molecule has 27 heavy (non-hydrogen) atoms. The fraction of sp³-hybridized carbons (Fsp3) is 0.571. The summed E-state index contributed by atoms with van der Waals surface area (Å²) in [4.78, 5) is 29.2. The summed E-state index contributed by atoms with van der Waals surface area (Å²) in [5.41, 5.74) is 1.19. The van der Waals surface area contributed by atoms with Gasteiger partial charge in [0.1, 0.15) is 11.7 Å². The third-order valence-corrected chi connectivity index (χ3v) is 5.42. The number of carbonyl (C=O) groups is 2. The van der Waals surface area contributed by atoms with Crippen molar-refractivity contribution >= 4 is 17.7 Å². The maximum absolute atomic E-state index is 13.0. The van der Waals surface area contributed by atoms with Crippen LogP contribution in [0.2, 0.25) is 0 Å². The second kappa shape index (κ2) is 8.55. The van der Waals surface area contributed by atoms with Crippen LogP contribution < -0.4 is 5.32 Å². The van der Waals surface area contributed by atoms with Crippen molar-refractivity contribution in [1.29, 1.82) is 0 Å². The molecule has 1 aliphatic heterocycles. The fourth-order valence-corrected chi connectivity index (χ4v) is 3.99. The molecule has 6 heteroatoms. The van der Waals surface area contributed by atoms with Crippen LogP contribution in [0, 0.1) is 17.8 Å². The van der Waals surface area contributed by atoms with E-state index in [1.165, 1.54) is 19.3 Å². The lowest BCUT2D eigenvalue weighted by Crippen LogP contribution is -2.47. The van der Waals surface area contributed by atoms with Crippen LogP contribution in [0.4, 0.5) is 4.79 Å². The monoisotopic (exact) mass is 372 g/mol. The number of carbonyl (C=O) groups excluding carboxylic acids is 2. The Balaban J connectivity index is 1.83. The van der Waals surface area contributed by atoms with Gasteiger partial charge in [-0.05, 0) is 42.4 Å². The number of nitrogens with zero attached hydrogens (tertiary/aromatic N) is 1. The molecule has 0 radical (unpaired) electrons. The number of phenolic OH excluding ortho intramolecular Hbond substituents is 1. The number of nitrogens with one attached hydrogen (secondary N) is 1. The Kier molecular flexibility index (Phi) is 6.14. The quantitative estimate of drug-likeness (QED) is 0.765. The first-order chi connectivity index (χ1) is 13.0. The molecule has 1 aliphatic carbocycles. The molecule has 6 nitrogen and oxygen atoms in total. The molecule has 0 aromatic heterocycles. The maximum atomic E-state index is 13.0. The Morgan fingerprint density at radius 1 is 1.30 bits per heavy atom. The zero-order valence-corrected chi connectivity index (χ0v) is 16.0. The summed E-state index contributed by atoms with van der Waals surface area (Å²) in [7, 11) is 0. The van der Waals surface area contributed by atoms with Crippen LogP contribution in [0.5, 0.6) is 5.75 Å². The van der Waals surface area contributed by atoms with Crippen molar-refractivity contribution in [3.05, 3.63) is 29.8 Å². The number of hydrogen-bond acceptors (Lipinski definition) is 4. The first kappa shape index (κ1) is 19.4. The largest absolute Gasteiger partial charge is 0.508 e. The summed E-state index contributed by atoms with van der Waals surface area (Å²) in [6.45, 7) is 4.25. The maximum Gasteiger partial charge on any atom is 0.341 e. The number of aromatic hydroxyl groups is 1. The van der Waals surface area contributed by atoms with E-state index in [1.807, 2.05) is 13.8 Å². The Morgan fingerprint density at radius 2 is 2.04 bits per heavy atom. The summed E-state index contributed by atoms with van der Waals surface area (Å²) < 4.78 is 5.69. The highest BCUT2D eigenvalue weighted by Crippen LogP contribution is 2.32. The number of urea groups is 1. The van der Waals surface area contributed by atoms with E-state index in [4.69, 9.17) is 4.74 Å². The van der Waals surface area contributed by atoms with Gasteiger partial charge in [0.15, 0.2) is 0 Å². The Hall–Kier alpha value is -2.37. The van der Waals surface area contributed by atoms with Crippen molar-refractivity contribution in [2.75, 3.05) is 6.61 Å². The number of aliphatic imine (C=N–C) groups is 1. The van der Waals surface area contributed by atoms with Crippen LogP contribution in [0.15, 0.2) is 29.3 Å². The van der Waals surface area contributed by atoms with E-state index in [0.717, 1.165) is 12.8 Å². The molecule has 2 N–H and O–H groups in total. The number of amides is 2. The second-order valence-corrected chi connectivity index (χ2v) is 7.83. The summed E-state index contributed by atoms with van der Waals surface area (Å²) in [5, 5.41) is 12.6. The molecule has 2 atom stereocenters. The molecule has 0 spiro atoms. The van der Waals surface area contributed by atoms with Crippen LogP contribution in [-0.2, 0) is 9.53 Å². The summed E-state index contributed by atoms with van der Waals surface area (Å²) >= 11 is 0. The molecule has 1 aromatic carbocycles. The number of hydrogen-bond donors (Lipinski definition) is 2. The number of ether oxygens (including phenoxy) is 1. The van der Waals surface area contributed by atoms with Gasteiger partial charge in [-0.1, -0.05) is 45.2 Å². The number of phenols is 1. The van der Waals surface area contributed by atoms with E-state index in [2.05, 4.69) is 10.3 Å². The molecule has 1 saturated carbocycles. The van der Waals surface area contributed by atoms with Crippen molar-refractivity contribution in [1.82, 2.24) is 5.32 Å². The van der Waals surface area contributed by atoms with Gasteiger partial charge < -0.3 is 15.2 Å². The molecule has 1 aromatic rings. The van der Waals surface area contributed by atoms with Crippen LogP contribution >= 0.6 is 0 Å². The minimum absolute atomic E-state index is 0.0666. The van der Waals surface area contributed by atoms with Crippen molar-refractivity contribution in [3.8, 4) is 5.75 Å². The third kappa shape index (κ3) is 4.67. The van der Waals surface area contributed by atoms with Crippen molar-refractivity contribution in [3.63, 3.8) is 0 Å². The van der Waals surface area contributed by atoms with Gasteiger partial charge in [-0.25, -0.2) is 9.79 Å². The molecule has 2 unspecified atom stereocenters. The van der Waals surface area contributed by atoms with Crippen LogP contribution in [0.25, 0.3) is 0 Å². The zero-order valence-electron chi connectivity index (χ0n) is 16.0. The summed E-state index contributed by atoms with van der Waals surface area (Å²) in [6, 6.07) is 5.54. The predicted molar refractivity (Wildman–Crippen MR) is 103 cm³/mol. The molecule has 3 rings (SSSR count). The van der Waals surface area contributed by atoms with Gasteiger partial charge in [0.2, 0.25) is 0 Å². The molecule has 146 valence electrons. The highest BCUT2D eigenvalue weighted by Gasteiger charge is 2.41. The first-order valence-corrected chi connectivity index (χ1v) is 9.80. The SMILES string of the molecule is CC(C)C1=NC(=O)NC(c2cccc(O)c2)C1C(=O)OCC1CCCCC1. The molecule has 2 amide bonds. The van der Waals surface area contributed by atoms with Gasteiger partial charge in [-0.3, -0.25) is 4.79 Å². The third-order valence-electron chi connectivity index (χ3n) is 5.42. The van der Waals surface area contributed by atoms with Gasteiger partial charge >= 0.3 is 12.0 Å². The average Bonchev–Trinajstić information content (AvgIpc) is 2.66. The number of benzene rings is 1. The zero-order chi connectivity index (χ0) is 19.4. The van der Waals surface area contributed by atoms with Gasteiger partial charge in [0.05, 0.1) is 12.6 Å². The van der Waals surface area contributed by atoms with Crippen LogP contribution in [0.1, 0.15) is 57.6 Å². The van der Waals surface area contributed by atoms with E-state index in [1.54, 1.807) is 24.3 Å². The molecule has 2 aliphatic rings. The highest BCUT2D eigenvalue weighted by atomic mass is 16.5. The normalized spacial score (nSPS) is 23.7. The lowest BCUT2D eigenvalue weighted by atomic mass is 9.83. The van der Waals surface area contributed by atoms with Gasteiger partial charge in [-0.2, -0.15) is 0 Å². The molecule has 0 saturated heterocycles. The lowest BCUT2D eigenvalue weighted by Gasteiger charge is -2.33. The van der Waals surface area contributed by atoms with Crippen LogP contribution in [0.3, 0.4) is 0 Å². The highest BCUT2D eigenvalue weighted by molar-refractivity contribution is 6.10. The topological polar surface area (TPSA) is 88.0 Å². The van der Waals surface area contributed by atoms with Crippen molar-refractivity contribution in [2.24, 2.45) is 22.7 Å². The summed E-state index contributed by atoms with van der Waals surface area (Å²) in [5.74, 6) is -0.609. The lowest BCUT2D eigenvalue weighted by molar-refractivity contribution is -0.148. The van der Waals surface area contributed by atoms with Crippen molar-refractivity contribution < 1.29 is 19.4 Å². The Labute approximate surface area is 160 Å². The molecule has 1 heterocycles. The van der Waals surface area contributed by atoms with Crippen LogP contribution in [-0.4, -0.2) is 29.4 Å². The fourth-order valence-electron chi connectivity index (χ4n) is 3.99. The standard InChI is InChI=1S/C21H28N2O4/c1-13(2)18-17(20(25)27-12-14-7-4-3-5-8-14)19(23-21(26)22-18)15-9-6-10-16(24)11-15/h6,9-11,13-14,17,19,24H,3-5,7-8,12H2,1-2H3,(H,23,26). The van der Waals surface area contributed by atoms with Gasteiger partial charge in [-0.15, -0.1) is 0 Å². The van der Waals surface area contributed by atoms with E-state index in [0.29, 0.717) is 23.8 Å². The Morgan fingerprint density at radius 3 is 2.70 bits per heavy atom. The first-order valence-electron chi connectivity index (χ1n) is 9.80. The second-order valence-electron chi connectivity index (χ2n) is 7.83. The average molecular weight is 372 g/mol. The Bertz CT molecular complexity index is 723. The van der Waals surface area contributed by atoms with E-state index in [9.17, 15) is 14.7 Å². The molecular weight excluding hydrogens is 344 g/mol. The van der Waals surface area contributed by atoms with Gasteiger partial charge in [0, 0.05) is 5.71 Å². The molecule has 0 bridgehead atoms. The van der Waals surface area contributed by atoms with Gasteiger partial charge in [0.25, 0.3) is 0 Å². The van der Waals surface area contributed by atoms with E-state index < -0.39 is 18.0 Å². The minimum atomic E-state index is -0.687. The number of esters is 1. The smallest absolute Gasteiger partial charge is 0.341 e. The summed E-state index contributed by atoms with van der Waals surface area (Å²) in [6.07, 6.45) is 5.81. The van der Waals surface area contributed by atoms with Crippen molar-refractivity contribution in [2.45, 2.75) is 52.0 Å². The van der Waals surface area contributed by atoms with E-state index >= 15 is 0 Å². The van der Waals surface area contributed by atoms with E-state index in [-0.39, 0.29) is 17.6 Å². The predicted octanol–water partition coefficient (Wildman–Crippen LogP) is 3.99.